The van der Waals surface area contributed by atoms with Crippen LogP contribution in [0.2, 0.25) is 0 Å². The highest BCUT2D eigenvalue weighted by molar-refractivity contribution is 5.64. The SMILES string of the molecule is C=CC(c1ccccc1)c1cc(C(C)(C)C)cc(C=C(C)C)c1O. The van der Waals surface area contributed by atoms with Crippen molar-refractivity contribution in [2.24, 2.45) is 0 Å². The van der Waals surface area contributed by atoms with E-state index in [0.29, 0.717) is 5.75 Å². The zero-order chi connectivity index (χ0) is 17.9. The average Bonchev–Trinajstić information content (AvgIpc) is 2.51. The summed E-state index contributed by atoms with van der Waals surface area (Å²) in [6.07, 6.45) is 3.95. The number of hydrogen-bond donors (Lipinski definition) is 1. The van der Waals surface area contributed by atoms with Gasteiger partial charge in [0, 0.05) is 17.0 Å². The van der Waals surface area contributed by atoms with Crippen LogP contribution in [0.15, 0.2) is 60.7 Å². The highest BCUT2D eigenvalue weighted by Crippen LogP contribution is 2.39. The Morgan fingerprint density at radius 1 is 1.08 bits per heavy atom. The van der Waals surface area contributed by atoms with Gasteiger partial charge in [0.2, 0.25) is 0 Å². The molecule has 0 heterocycles. The molecule has 0 amide bonds. The van der Waals surface area contributed by atoms with E-state index in [1.165, 1.54) is 5.56 Å². The molecule has 2 aromatic rings. The van der Waals surface area contributed by atoms with Crippen molar-refractivity contribution < 1.29 is 5.11 Å². The van der Waals surface area contributed by atoms with Gasteiger partial charge in [-0.1, -0.05) is 74.9 Å². The van der Waals surface area contributed by atoms with Crippen molar-refractivity contribution in [3.63, 3.8) is 0 Å². The molecular formula is C23H28O. The van der Waals surface area contributed by atoms with Gasteiger partial charge in [-0.25, -0.2) is 0 Å². The van der Waals surface area contributed by atoms with Crippen LogP contribution in [-0.2, 0) is 5.41 Å². The Hall–Kier alpha value is -2.28. The lowest BCUT2D eigenvalue weighted by Crippen LogP contribution is -2.13. The van der Waals surface area contributed by atoms with Crippen LogP contribution >= 0.6 is 0 Å². The van der Waals surface area contributed by atoms with Crippen LogP contribution in [0, 0.1) is 0 Å². The highest BCUT2D eigenvalue weighted by Gasteiger charge is 2.22. The van der Waals surface area contributed by atoms with Gasteiger partial charge in [-0.15, -0.1) is 6.58 Å². The predicted octanol–water partition coefficient (Wildman–Crippen LogP) is 6.43. The van der Waals surface area contributed by atoms with Gasteiger partial charge in [0.1, 0.15) is 5.75 Å². The van der Waals surface area contributed by atoms with Gasteiger partial charge < -0.3 is 5.11 Å². The van der Waals surface area contributed by atoms with Crippen molar-refractivity contribution in [1.29, 1.82) is 0 Å². The molecule has 2 rings (SSSR count). The molecule has 0 bridgehead atoms. The van der Waals surface area contributed by atoms with Crippen LogP contribution in [-0.4, -0.2) is 5.11 Å². The number of rotatable bonds is 4. The van der Waals surface area contributed by atoms with Crippen molar-refractivity contribution in [3.8, 4) is 5.75 Å². The summed E-state index contributed by atoms with van der Waals surface area (Å²) in [4.78, 5) is 0. The molecule has 1 N–H and O–H groups in total. The van der Waals surface area contributed by atoms with E-state index in [-0.39, 0.29) is 11.3 Å². The van der Waals surface area contributed by atoms with E-state index in [2.05, 4.69) is 51.6 Å². The molecule has 24 heavy (non-hydrogen) atoms. The summed E-state index contributed by atoms with van der Waals surface area (Å²) >= 11 is 0. The lowest BCUT2D eigenvalue weighted by atomic mass is 9.81. The Bertz CT molecular complexity index is 742. The van der Waals surface area contributed by atoms with Gasteiger partial charge in [0.05, 0.1) is 0 Å². The number of benzene rings is 2. The molecule has 0 aliphatic carbocycles. The van der Waals surface area contributed by atoms with Crippen LogP contribution in [0.5, 0.6) is 5.75 Å². The molecule has 2 aromatic carbocycles. The van der Waals surface area contributed by atoms with Crippen LogP contribution in [0.3, 0.4) is 0 Å². The predicted molar refractivity (Wildman–Crippen MR) is 105 cm³/mol. The van der Waals surface area contributed by atoms with Crippen molar-refractivity contribution in [3.05, 3.63) is 82.9 Å². The van der Waals surface area contributed by atoms with Gasteiger partial charge in [0.25, 0.3) is 0 Å². The van der Waals surface area contributed by atoms with Gasteiger partial charge in [-0.3, -0.25) is 0 Å². The monoisotopic (exact) mass is 320 g/mol. The Morgan fingerprint density at radius 3 is 2.21 bits per heavy atom. The van der Waals surface area contributed by atoms with E-state index in [1.807, 2.05) is 44.2 Å². The molecule has 0 aliphatic heterocycles. The highest BCUT2D eigenvalue weighted by atomic mass is 16.3. The molecule has 0 spiro atoms. The van der Waals surface area contributed by atoms with Crippen LogP contribution in [0.4, 0.5) is 0 Å². The van der Waals surface area contributed by atoms with E-state index in [0.717, 1.165) is 22.3 Å². The fourth-order valence-electron chi connectivity index (χ4n) is 2.87. The molecule has 0 fully saturated rings. The van der Waals surface area contributed by atoms with Gasteiger partial charge >= 0.3 is 0 Å². The van der Waals surface area contributed by atoms with E-state index in [4.69, 9.17) is 0 Å². The van der Waals surface area contributed by atoms with Gasteiger partial charge in [0.15, 0.2) is 0 Å². The van der Waals surface area contributed by atoms with E-state index in [1.54, 1.807) is 0 Å². The third kappa shape index (κ3) is 3.97. The zero-order valence-electron chi connectivity index (χ0n) is 15.4. The van der Waals surface area contributed by atoms with E-state index >= 15 is 0 Å². The Kier molecular flexibility index (Phi) is 5.33. The number of phenols is 1. The second-order valence-corrected chi connectivity index (χ2v) is 7.60. The number of hydrogen-bond acceptors (Lipinski definition) is 1. The van der Waals surface area contributed by atoms with E-state index < -0.39 is 0 Å². The Labute approximate surface area is 146 Å². The number of allylic oxidation sites excluding steroid dienone is 2. The fourth-order valence-corrected chi connectivity index (χ4v) is 2.87. The summed E-state index contributed by atoms with van der Waals surface area (Å²) in [5.74, 6) is 0.316. The average molecular weight is 320 g/mol. The summed E-state index contributed by atoms with van der Waals surface area (Å²) in [6.45, 7) is 14.7. The summed E-state index contributed by atoms with van der Waals surface area (Å²) in [5.41, 5.74) is 5.31. The van der Waals surface area contributed by atoms with Gasteiger partial charge in [-0.2, -0.15) is 0 Å². The molecule has 1 heteroatoms. The first-order valence-corrected chi connectivity index (χ1v) is 8.44. The molecule has 126 valence electrons. The minimum Gasteiger partial charge on any atom is -0.507 e. The van der Waals surface area contributed by atoms with E-state index in [9.17, 15) is 5.11 Å². The lowest BCUT2D eigenvalue weighted by molar-refractivity contribution is 0.464. The third-order valence-electron chi connectivity index (χ3n) is 4.21. The first-order valence-electron chi connectivity index (χ1n) is 8.44. The number of aromatic hydroxyl groups is 1. The zero-order valence-corrected chi connectivity index (χ0v) is 15.4. The smallest absolute Gasteiger partial charge is 0.126 e. The lowest BCUT2D eigenvalue weighted by Gasteiger charge is -2.24. The normalized spacial score (nSPS) is 12.5. The number of phenolic OH excluding ortho intramolecular Hbond substituents is 1. The minimum absolute atomic E-state index is 0.00902. The van der Waals surface area contributed by atoms with Crippen LogP contribution in [0.1, 0.15) is 62.8 Å². The molecule has 0 aromatic heterocycles. The third-order valence-corrected chi connectivity index (χ3v) is 4.21. The second kappa shape index (κ2) is 7.09. The van der Waals surface area contributed by atoms with Crippen molar-refractivity contribution in [2.75, 3.05) is 0 Å². The summed E-state index contributed by atoms with van der Waals surface area (Å²) in [7, 11) is 0. The maximum Gasteiger partial charge on any atom is 0.126 e. The molecule has 1 unspecified atom stereocenters. The van der Waals surface area contributed by atoms with Crippen molar-refractivity contribution >= 4 is 6.08 Å². The Balaban J connectivity index is 2.71. The minimum atomic E-state index is -0.0298. The molecule has 0 radical (unpaired) electrons. The summed E-state index contributed by atoms with van der Waals surface area (Å²) in [6, 6.07) is 14.4. The molecule has 1 atom stereocenters. The first kappa shape index (κ1) is 18.1. The molecular weight excluding hydrogens is 292 g/mol. The maximum atomic E-state index is 10.9. The first-order chi connectivity index (χ1) is 11.2. The molecule has 1 nitrogen and oxygen atoms in total. The molecule has 0 saturated heterocycles. The fraction of sp³-hybridized carbons (Fsp3) is 0.304. The van der Waals surface area contributed by atoms with Crippen LogP contribution < -0.4 is 0 Å². The summed E-state index contributed by atoms with van der Waals surface area (Å²) in [5, 5.41) is 10.9. The molecule has 0 saturated carbocycles. The quantitative estimate of drug-likeness (QED) is 0.643. The Morgan fingerprint density at radius 2 is 1.71 bits per heavy atom. The standard InChI is InChI=1S/C23H28O/c1-7-20(17-11-9-8-10-12-17)21-15-19(23(4,5)6)14-18(22(21)24)13-16(2)3/h7-15,20,24H,1H2,2-6H3. The maximum absolute atomic E-state index is 10.9. The topological polar surface area (TPSA) is 20.2 Å². The van der Waals surface area contributed by atoms with Crippen molar-refractivity contribution in [2.45, 2.75) is 46.0 Å². The largest absolute Gasteiger partial charge is 0.507 e. The molecule has 0 aliphatic rings. The van der Waals surface area contributed by atoms with Crippen molar-refractivity contribution in [1.82, 2.24) is 0 Å². The van der Waals surface area contributed by atoms with Gasteiger partial charge in [-0.05, 0) is 36.5 Å². The summed E-state index contributed by atoms with van der Waals surface area (Å²) < 4.78 is 0. The second-order valence-electron chi connectivity index (χ2n) is 7.60. The van der Waals surface area contributed by atoms with Crippen LogP contribution in [0.25, 0.3) is 6.08 Å².